The van der Waals surface area contributed by atoms with Gasteiger partial charge in [0.15, 0.2) is 0 Å². The van der Waals surface area contributed by atoms with E-state index in [0.29, 0.717) is 23.6 Å². The van der Waals surface area contributed by atoms with Crippen LogP contribution in [-0.2, 0) is 0 Å². The Morgan fingerprint density at radius 3 is 2.62 bits per heavy atom. The Morgan fingerprint density at radius 2 is 1.95 bits per heavy atom. The second kappa shape index (κ2) is 12.6. The number of aromatic amines is 1. The van der Waals surface area contributed by atoms with Gasteiger partial charge in [0.2, 0.25) is 0 Å². The average molecular weight is 613 g/mol. The van der Waals surface area contributed by atoms with Crippen molar-refractivity contribution in [3.05, 3.63) is 90.7 Å². The van der Waals surface area contributed by atoms with E-state index in [-0.39, 0.29) is 34.3 Å². The lowest BCUT2D eigenvalue weighted by Crippen LogP contribution is -2.44. The molecule has 0 saturated carbocycles. The highest BCUT2D eigenvalue weighted by Gasteiger charge is 2.34. The molecular weight excluding hydrogens is 574 g/mol. The van der Waals surface area contributed by atoms with E-state index in [9.17, 15) is 19.5 Å². The molecule has 4 rings (SSSR count). The largest absolute Gasteiger partial charge is 0.478 e. The van der Waals surface area contributed by atoms with Crippen LogP contribution < -0.4 is 16.0 Å². The number of aromatic carboxylic acids is 1. The van der Waals surface area contributed by atoms with Crippen LogP contribution >= 0.6 is 15.9 Å². The summed E-state index contributed by atoms with van der Waals surface area (Å²) in [6, 6.07) is 12.6. The number of aromatic nitrogens is 2. The van der Waals surface area contributed by atoms with Crippen molar-refractivity contribution in [2.45, 2.75) is 71.9 Å². The average Bonchev–Trinajstić information content (AvgIpc) is 2.93. The van der Waals surface area contributed by atoms with Crippen LogP contribution in [0.2, 0.25) is 0 Å². The Balaban J connectivity index is 1.75. The van der Waals surface area contributed by atoms with Gasteiger partial charge in [-0.2, -0.15) is 0 Å². The Bertz CT molecular complexity index is 1480. The molecule has 40 heavy (non-hydrogen) atoms. The second-order valence-corrected chi connectivity index (χ2v) is 12.0. The normalized spacial score (nSPS) is 17.0. The molecule has 0 unspecified atom stereocenters. The van der Waals surface area contributed by atoms with Crippen molar-refractivity contribution in [1.29, 1.82) is 0 Å². The Kier molecular flexibility index (Phi) is 9.36. The minimum Gasteiger partial charge on any atom is -0.478 e. The standard InChI is InChI=1S/C31H38BrN3O5/c1-5-31(4,6-2)17-26(34-14-8-10-23(19-34)35-18-20(3)28(36)33-30(35)39)21-12-13-25(29(37)38)27(15-21)40-24-11-7-9-22(32)16-24/h7,9,11-13,15-16,18,23,26H,5-6,8,10,14,17,19H2,1-4H3,(H,37,38)(H,33,36,39)/t23-,26+/m0/s1. The van der Waals surface area contributed by atoms with Crippen molar-refractivity contribution >= 4 is 21.9 Å². The van der Waals surface area contributed by atoms with Crippen LogP contribution in [0.4, 0.5) is 0 Å². The molecule has 2 atom stereocenters. The second-order valence-electron chi connectivity index (χ2n) is 11.1. The van der Waals surface area contributed by atoms with Crippen LogP contribution in [-0.4, -0.2) is 38.6 Å². The fourth-order valence-electron chi connectivity index (χ4n) is 5.48. The number of carboxylic acid groups (broad SMARTS) is 1. The van der Waals surface area contributed by atoms with Crippen molar-refractivity contribution in [2.24, 2.45) is 5.41 Å². The summed E-state index contributed by atoms with van der Waals surface area (Å²) < 4.78 is 8.63. The fraction of sp³-hybridized carbons (Fsp3) is 0.452. The van der Waals surface area contributed by atoms with Crippen LogP contribution in [0.5, 0.6) is 11.5 Å². The van der Waals surface area contributed by atoms with Gasteiger partial charge in [0, 0.05) is 28.8 Å². The Morgan fingerprint density at radius 1 is 1.20 bits per heavy atom. The predicted octanol–water partition coefficient (Wildman–Crippen LogP) is 6.69. The molecule has 9 heteroatoms. The number of hydrogen-bond acceptors (Lipinski definition) is 5. The van der Waals surface area contributed by atoms with E-state index in [1.54, 1.807) is 35.9 Å². The van der Waals surface area contributed by atoms with E-state index in [1.807, 2.05) is 24.3 Å². The zero-order valence-corrected chi connectivity index (χ0v) is 25.2. The molecule has 2 N–H and O–H groups in total. The molecular formula is C31H38BrN3O5. The van der Waals surface area contributed by atoms with Gasteiger partial charge in [-0.1, -0.05) is 61.7 Å². The van der Waals surface area contributed by atoms with Crippen LogP contribution in [0.3, 0.4) is 0 Å². The summed E-state index contributed by atoms with van der Waals surface area (Å²) in [4.78, 5) is 41.7. The number of carboxylic acids is 1. The van der Waals surface area contributed by atoms with Crippen molar-refractivity contribution in [3.8, 4) is 11.5 Å². The highest BCUT2D eigenvalue weighted by atomic mass is 79.9. The summed E-state index contributed by atoms with van der Waals surface area (Å²) in [7, 11) is 0. The quantitative estimate of drug-likeness (QED) is 0.264. The number of halogens is 1. The van der Waals surface area contributed by atoms with Crippen molar-refractivity contribution in [3.63, 3.8) is 0 Å². The molecule has 2 heterocycles. The van der Waals surface area contributed by atoms with Crippen molar-refractivity contribution in [1.82, 2.24) is 14.5 Å². The van der Waals surface area contributed by atoms with E-state index in [1.165, 1.54) is 0 Å². The summed E-state index contributed by atoms with van der Waals surface area (Å²) in [5, 5.41) is 9.91. The summed E-state index contributed by atoms with van der Waals surface area (Å²) in [5.41, 5.74) is 0.916. The highest BCUT2D eigenvalue weighted by molar-refractivity contribution is 9.10. The molecule has 1 aliphatic rings. The number of carbonyl (C=O) groups is 1. The highest BCUT2D eigenvalue weighted by Crippen LogP contribution is 2.42. The molecule has 3 aromatic rings. The molecule has 0 aliphatic carbocycles. The number of nitrogens with one attached hydrogen (secondary N) is 1. The first-order valence-corrected chi connectivity index (χ1v) is 14.7. The zero-order valence-electron chi connectivity index (χ0n) is 23.6. The van der Waals surface area contributed by atoms with E-state index in [4.69, 9.17) is 4.74 Å². The maximum Gasteiger partial charge on any atom is 0.339 e. The number of benzene rings is 2. The third-order valence-electron chi connectivity index (χ3n) is 8.45. The molecule has 214 valence electrons. The van der Waals surface area contributed by atoms with Gasteiger partial charge in [-0.15, -0.1) is 0 Å². The van der Waals surface area contributed by atoms with Crippen LogP contribution in [0.15, 0.2) is 62.7 Å². The maximum atomic E-state index is 12.7. The molecule has 0 radical (unpaired) electrons. The molecule has 0 bridgehead atoms. The van der Waals surface area contributed by atoms with E-state index >= 15 is 0 Å². The molecule has 1 aromatic heterocycles. The van der Waals surface area contributed by atoms with Crippen LogP contribution in [0, 0.1) is 12.3 Å². The van der Waals surface area contributed by atoms with Gasteiger partial charge in [0.05, 0.1) is 6.04 Å². The molecule has 0 amide bonds. The number of ether oxygens (including phenoxy) is 1. The fourth-order valence-corrected chi connectivity index (χ4v) is 5.86. The summed E-state index contributed by atoms with van der Waals surface area (Å²) in [6.07, 6.45) is 6.28. The zero-order chi connectivity index (χ0) is 29.0. The smallest absolute Gasteiger partial charge is 0.339 e. The summed E-state index contributed by atoms with van der Waals surface area (Å²) in [6.45, 7) is 9.91. The first-order chi connectivity index (χ1) is 19.0. The van der Waals surface area contributed by atoms with Crippen LogP contribution in [0.1, 0.15) is 86.4 Å². The Hall–Kier alpha value is -3.17. The van der Waals surface area contributed by atoms with Gasteiger partial charge >= 0.3 is 11.7 Å². The molecule has 2 aromatic carbocycles. The summed E-state index contributed by atoms with van der Waals surface area (Å²) >= 11 is 3.45. The monoisotopic (exact) mass is 611 g/mol. The van der Waals surface area contributed by atoms with Crippen LogP contribution in [0.25, 0.3) is 0 Å². The van der Waals surface area contributed by atoms with Crippen molar-refractivity contribution in [2.75, 3.05) is 13.1 Å². The first-order valence-electron chi connectivity index (χ1n) is 13.9. The van der Waals surface area contributed by atoms with E-state index in [2.05, 4.69) is 46.6 Å². The lowest BCUT2D eigenvalue weighted by molar-refractivity contribution is 0.0693. The van der Waals surface area contributed by atoms with Gasteiger partial charge in [-0.25, -0.2) is 9.59 Å². The number of H-pyrrole nitrogens is 1. The predicted molar refractivity (Wildman–Crippen MR) is 160 cm³/mol. The SMILES string of the molecule is CCC(C)(CC)C[C@H](c1ccc(C(=O)O)c(Oc2cccc(Br)c2)c1)N1CCC[C@H](n2cc(C)c(=O)[nH]c2=O)C1. The maximum absolute atomic E-state index is 12.7. The number of hydrogen-bond donors (Lipinski definition) is 2. The van der Waals surface area contributed by atoms with Crippen molar-refractivity contribution < 1.29 is 14.6 Å². The summed E-state index contributed by atoms with van der Waals surface area (Å²) in [5.74, 6) is -0.210. The third kappa shape index (κ3) is 6.75. The number of nitrogens with zero attached hydrogens (tertiary/aromatic N) is 2. The lowest BCUT2D eigenvalue weighted by atomic mass is 9.76. The van der Waals surface area contributed by atoms with E-state index in [0.717, 1.165) is 48.7 Å². The number of rotatable bonds is 10. The molecule has 0 spiro atoms. The van der Waals surface area contributed by atoms with Gasteiger partial charge in [-0.3, -0.25) is 19.2 Å². The van der Waals surface area contributed by atoms with E-state index < -0.39 is 5.97 Å². The molecule has 1 aliphatic heterocycles. The minimum atomic E-state index is -1.05. The molecule has 8 nitrogen and oxygen atoms in total. The minimum absolute atomic E-state index is 0.0139. The first kappa shape index (κ1) is 29.8. The van der Waals surface area contributed by atoms with Gasteiger partial charge in [0.25, 0.3) is 5.56 Å². The number of piperidine rings is 1. The van der Waals surface area contributed by atoms with Gasteiger partial charge in [-0.05, 0) is 74.0 Å². The van der Waals surface area contributed by atoms with Gasteiger partial charge in [0.1, 0.15) is 17.1 Å². The number of aryl methyl sites for hydroxylation is 1. The van der Waals surface area contributed by atoms with Gasteiger partial charge < -0.3 is 9.84 Å². The lowest BCUT2D eigenvalue weighted by Gasteiger charge is -2.42. The molecule has 1 fully saturated rings. The molecule has 1 saturated heterocycles. The third-order valence-corrected chi connectivity index (χ3v) is 8.94. The Labute approximate surface area is 243 Å². The topological polar surface area (TPSA) is 105 Å². The number of likely N-dealkylation sites (tertiary alicyclic amines) is 1.